The zero-order valence-corrected chi connectivity index (χ0v) is 14.7. The minimum absolute atomic E-state index is 0.0676. The average Bonchev–Trinajstić information content (AvgIpc) is 3.15. The third-order valence-corrected chi connectivity index (χ3v) is 5.52. The molecular formula is C16H21N3O5S. The van der Waals surface area contributed by atoms with Crippen LogP contribution in [-0.2, 0) is 14.8 Å². The van der Waals surface area contributed by atoms with E-state index in [4.69, 9.17) is 9.62 Å². The molecule has 25 heavy (non-hydrogen) atoms. The third kappa shape index (κ3) is 4.88. The number of hydrogen-bond acceptors (Lipinski definition) is 6. The van der Waals surface area contributed by atoms with Crippen LogP contribution in [0.2, 0.25) is 0 Å². The first kappa shape index (κ1) is 19.1. The summed E-state index contributed by atoms with van der Waals surface area (Å²) in [5.74, 6) is -0.248. The van der Waals surface area contributed by atoms with E-state index in [-0.39, 0.29) is 11.4 Å². The van der Waals surface area contributed by atoms with E-state index in [9.17, 15) is 13.2 Å². The van der Waals surface area contributed by atoms with Crippen molar-refractivity contribution in [3.8, 4) is 11.3 Å². The first-order chi connectivity index (χ1) is 12.0. The number of nitrogens with one attached hydrogen (secondary N) is 1. The summed E-state index contributed by atoms with van der Waals surface area (Å²) in [6.07, 6.45) is 5.23. The molecule has 9 heteroatoms. The fourth-order valence-electron chi connectivity index (χ4n) is 2.32. The Kier molecular flexibility index (Phi) is 6.68. The lowest BCUT2D eigenvalue weighted by atomic mass is 10.2. The number of amides is 1. The van der Waals surface area contributed by atoms with Gasteiger partial charge in [0.05, 0.1) is 17.6 Å². The number of oxazole rings is 1. The molecule has 2 rings (SSSR count). The largest absolute Gasteiger partial charge is 0.444 e. The predicted molar refractivity (Wildman–Crippen MR) is 90.2 cm³/mol. The summed E-state index contributed by atoms with van der Waals surface area (Å²) in [5, 5.41) is 8.70. The van der Waals surface area contributed by atoms with E-state index in [1.807, 2.05) is 6.92 Å². The van der Waals surface area contributed by atoms with Gasteiger partial charge in [-0.3, -0.25) is 10.0 Å². The predicted octanol–water partition coefficient (Wildman–Crippen LogP) is 2.03. The standard InChI is InChI=1S/C16H21N3O5S/c1-2-3-4-9-19(11-16(20)18-21)25(22,23)14-7-5-13(6-8-14)15-10-17-12-24-15/h5-8,10,12,21H,2-4,9,11H2,1H3,(H,18,20). The van der Waals surface area contributed by atoms with Gasteiger partial charge >= 0.3 is 0 Å². The van der Waals surface area contributed by atoms with E-state index in [0.29, 0.717) is 17.7 Å². The smallest absolute Gasteiger partial charge is 0.258 e. The molecule has 0 aliphatic heterocycles. The van der Waals surface area contributed by atoms with Crippen LogP contribution in [0.3, 0.4) is 0 Å². The van der Waals surface area contributed by atoms with Gasteiger partial charge in [-0.1, -0.05) is 19.8 Å². The molecule has 8 nitrogen and oxygen atoms in total. The highest BCUT2D eigenvalue weighted by Gasteiger charge is 2.26. The Hall–Kier alpha value is -2.23. The lowest BCUT2D eigenvalue weighted by Crippen LogP contribution is -2.40. The van der Waals surface area contributed by atoms with E-state index in [2.05, 4.69) is 4.98 Å². The van der Waals surface area contributed by atoms with Gasteiger partial charge in [0.15, 0.2) is 12.2 Å². The Morgan fingerprint density at radius 3 is 2.56 bits per heavy atom. The molecule has 1 heterocycles. The summed E-state index contributed by atoms with van der Waals surface area (Å²) in [7, 11) is -3.86. The van der Waals surface area contributed by atoms with Gasteiger partial charge in [0.2, 0.25) is 10.0 Å². The second-order valence-corrected chi connectivity index (χ2v) is 7.41. The molecule has 0 bridgehead atoms. The molecule has 136 valence electrons. The summed E-state index contributed by atoms with van der Waals surface area (Å²) in [6, 6.07) is 6.14. The molecule has 0 aliphatic carbocycles. The molecule has 0 unspecified atom stereocenters. The normalized spacial score (nSPS) is 11.6. The molecule has 1 aromatic carbocycles. The molecule has 0 spiro atoms. The van der Waals surface area contributed by atoms with Gasteiger partial charge in [-0.15, -0.1) is 0 Å². The van der Waals surface area contributed by atoms with Crippen molar-refractivity contribution < 1.29 is 22.8 Å². The van der Waals surface area contributed by atoms with Gasteiger partial charge in [-0.25, -0.2) is 18.9 Å². The molecule has 2 N–H and O–H groups in total. The van der Waals surface area contributed by atoms with Crippen LogP contribution in [0.5, 0.6) is 0 Å². The van der Waals surface area contributed by atoms with Gasteiger partial charge in [-0.2, -0.15) is 4.31 Å². The highest BCUT2D eigenvalue weighted by molar-refractivity contribution is 7.89. The van der Waals surface area contributed by atoms with Crippen LogP contribution in [0.4, 0.5) is 0 Å². The van der Waals surface area contributed by atoms with Crippen molar-refractivity contribution in [2.45, 2.75) is 31.1 Å². The van der Waals surface area contributed by atoms with Crippen LogP contribution < -0.4 is 5.48 Å². The number of hydrogen-bond donors (Lipinski definition) is 2. The number of sulfonamides is 1. The molecule has 1 aromatic heterocycles. The van der Waals surface area contributed by atoms with Crippen LogP contribution in [-0.4, -0.2) is 41.9 Å². The first-order valence-electron chi connectivity index (χ1n) is 7.91. The van der Waals surface area contributed by atoms with Crippen molar-refractivity contribution in [3.05, 3.63) is 36.9 Å². The van der Waals surface area contributed by atoms with Crippen molar-refractivity contribution in [2.75, 3.05) is 13.1 Å². The van der Waals surface area contributed by atoms with Crippen LogP contribution >= 0.6 is 0 Å². The molecule has 0 aliphatic rings. The van der Waals surface area contributed by atoms with E-state index in [1.165, 1.54) is 30.2 Å². The van der Waals surface area contributed by atoms with Crippen LogP contribution in [0, 0.1) is 0 Å². The number of rotatable bonds is 9. The summed E-state index contributed by atoms with van der Waals surface area (Å²) >= 11 is 0. The van der Waals surface area contributed by atoms with Crippen LogP contribution in [0.25, 0.3) is 11.3 Å². The Morgan fingerprint density at radius 2 is 2.00 bits per heavy atom. The van der Waals surface area contributed by atoms with Gasteiger partial charge in [0.25, 0.3) is 5.91 Å². The van der Waals surface area contributed by atoms with Crippen molar-refractivity contribution in [1.29, 1.82) is 0 Å². The van der Waals surface area contributed by atoms with Crippen LogP contribution in [0.1, 0.15) is 26.2 Å². The van der Waals surface area contributed by atoms with Crippen molar-refractivity contribution in [1.82, 2.24) is 14.8 Å². The van der Waals surface area contributed by atoms with Crippen molar-refractivity contribution in [3.63, 3.8) is 0 Å². The summed E-state index contributed by atoms with van der Waals surface area (Å²) in [5.41, 5.74) is 2.17. The fraction of sp³-hybridized carbons (Fsp3) is 0.375. The Balaban J connectivity index is 2.23. The van der Waals surface area contributed by atoms with Gasteiger partial charge < -0.3 is 4.42 Å². The lowest BCUT2D eigenvalue weighted by Gasteiger charge is -2.21. The van der Waals surface area contributed by atoms with Gasteiger partial charge in [-0.05, 0) is 30.7 Å². The van der Waals surface area contributed by atoms with Crippen LogP contribution in [0.15, 0.2) is 46.2 Å². The number of nitrogens with zero attached hydrogens (tertiary/aromatic N) is 2. The number of hydroxylamine groups is 1. The van der Waals surface area contributed by atoms with E-state index in [0.717, 1.165) is 17.1 Å². The fourth-order valence-corrected chi connectivity index (χ4v) is 3.75. The van der Waals surface area contributed by atoms with Crippen molar-refractivity contribution >= 4 is 15.9 Å². The molecule has 0 saturated carbocycles. The molecule has 2 aromatic rings. The zero-order valence-electron chi connectivity index (χ0n) is 13.9. The average molecular weight is 367 g/mol. The summed E-state index contributed by atoms with van der Waals surface area (Å²) < 4.78 is 31.8. The topological polar surface area (TPSA) is 113 Å². The third-order valence-electron chi connectivity index (χ3n) is 3.66. The second-order valence-electron chi connectivity index (χ2n) is 5.47. The molecular weight excluding hydrogens is 346 g/mol. The number of unbranched alkanes of at least 4 members (excludes halogenated alkanes) is 2. The molecule has 0 fully saturated rings. The second kappa shape index (κ2) is 8.75. The zero-order chi connectivity index (χ0) is 18.3. The minimum Gasteiger partial charge on any atom is -0.444 e. The molecule has 0 atom stereocenters. The van der Waals surface area contributed by atoms with E-state index < -0.39 is 22.5 Å². The highest BCUT2D eigenvalue weighted by Crippen LogP contribution is 2.23. The molecule has 1 amide bonds. The Bertz CT molecular complexity index is 773. The Morgan fingerprint density at radius 1 is 1.28 bits per heavy atom. The maximum Gasteiger partial charge on any atom is 0.258 e. The minimum atomic E-state index is -3.86. The maximum atomic E-state index is 12.8. The number of carbonyl (C=O) groups excluding carboxylic acids is 1. The first-order valence-corrected chi connectivity index (χ1v) is 9.35. The number of benzene rings is 1. The summed E-state index contributed by atoms with van der Waals surface area (Å²) in [6.45, 7) is 1.77. The SMILES string of the molecule is CCCCCN(CC(=O)NO)S(=O)(=O)c1ccc(-c2cnco2)cc1. The van der Waals surface area contributed by atoms with Gasteiger partial charge in [0, 0.05) is 12.1 Å². The monoisotopic (exact) mass is 367 g/mol. The van der Waals surface area contributed by atoms with E-state index in [1.54, 1.807) is 12.1 Å². The quantitative estimate of drug-likeness (QED) is 0.398. The van der Waals surface area contributed by atoms with E-state index >= 15 is 0 Å². The summed E-state index contributed by atoms with van der Waals surface area (Å²) in [4.78, 5) is 15.3. The maximum absolute atomic E-state index is 12.8. The van der Waals surface area contributed by atoms with Gasteiger partial charge in [0.1, 0.15) is 0 Å². The number of aromatic nitrogens is 1. The van der Waals surface area contributed by atoms with Crippen molar-refractivity contribution in [2.24, 2.45) is 0 Å². The lowest BCUT2D eigenvalue weighted by molar-refractivity contribution is -0.129. The number of carbonyl (C=O) groups is 1. The Labute approximate surface area is 146 Å². The molecule has 0 radical (unpaired) electrons. The highest BCUT2D eigenvalue weighted by atomic mass is 32.2. The molecule has 0 saturated heterocycles.